The van der Waals surface area contributed by atoms with Gasteiger partial charge in [-0.05, 0) is 30.9 Å². The van der Waals surface area contributed by atoms with Gasteiger partial charge in [0.15, 0.2) is 5.96 Å². The van der Waals surface area contributed by atoms with Crippen molar-refractivity contribution >= 4 is 16.0 Å². The highest BCUT2D eigenvalue weighted by Gasteiger charge is 2.27. The maximum absolute atomic E-state index is 11.5. The van der Waals surface area contributed by atoms with Crippen LogP contribution in [-0.2, 0) is 16.6 Å². The van der Waals surface area contributed by atoms with Gasteiger partial charge in [-0.1, -0.05) is 12.8 Å². The molecule has 0 amide bonds. The van der Waals surface area contributed by atoms with Gasteiger partial charge in [-0.3, -0.25) is 4.99 Å². The van der Waals surface area contributed by atoms with Crippen molar-refractivity contribution in [3.63, 3.8) is 0 Å². The molecule has 0 saturated heterocycles. The molecule has 2 atom stereocenters. The molecule has 1 aromatic rings. The van der Waals surface area contributed by atoms with Crippen molar-refractivity contribution in [3.05, 3.63) is 24.2 Å². The predicted molar refractivity (Wildman–Crippen MR) is 90.6 cm³/mol. The normalized spacial score (nSPS) is 22.8. The Labute approximate surface area is 138 Å². The molecule has 0 aliphatic heterocycles. The highest BCUT2D eigenvalue weighted by molar-refractivity contribution is 7.88. The Hall–Kier alpha value is -1.54. The molecule has 130 valence electrons. The SMILES string of the molecule is CN=C(NCc1ccco1)NCC1CCCCC1NS(C)(=O)=O. The molecule has 1 heterocycles. The monoisotopic (exact) mass is 342 g/mol. The number of furan rings is 1. The zero-order chi connectivity index (χ0) is 16.7. The Kier molecular flexibility index (Phi) is 6.47. The maximum Gasteiger partial charge on any atom is 0.208 e. The standard InChI is InChI=1S/C15H26N4O3S/c1-16-15(18-11-13-7-5-9-22-13)17-10-12-6-3-4-8-14(12)19-23(2,20)21/h5,7,9,12,14,19H,3-4,6,8,10-11H2,1-2H3,(H2,16,17,18). The lowest BCUT2D eigenvalue weighted by Crippen LogP contribution is -2.47. The van der Waals surface area contributed by atoms with Crippen LogP contribution in [0.3, 0.4) is 0 Å². The smallest absolute Gasteiger partial charge is 0.208 e. The van der Waals surface area contributed by atoms with Crippen molar-refractivity contribution < 1.29 is 12.8 Å². The van der Waals surface area contributed by atoms with E-state index in [4.69, 9.17) is 4.42 Å². The van der Waals surface area contributed by atoms with E-state index in [1.165, 1.54) is 6.26 Å². The highest BCUT2D eigenvalue weighted by Crippen LogP contribution is 2.24. The van der Waals surface area contributed by atoms with Crippen molar-refractivity contribution in [2.45, 2.75) is 38.3 Å². The summed E-state index contributed by atoms with van der Waals surface area (Å²) in [6.07, 6.45) is 6.95. The number of aliphatic imine (C=N–C) groups is 1. The number of rotatable bonds is 6. The number of nitrogens with one attached hydrogen (secondary N) is 3. The molecule has 1 saturated carbocycles. The lowest BCUT2D eigenvalue weighted by molar-refractivity contribution is 0.289. The van der Waals surface area contributed by atoms with Gasteiger partial charge >= 0.3 is 0 Å². The average molecular weight is 342 g/mol. The van der Waals surface area contributed by atoms with Crippen LogP contribution >= 0.6 is 0 Å². The first kappa shape index (κ1) is 17.8. The first-order valence-electron chi connectivity index (χ1n) is 7.92. The second-order valence-corrected chi connectivity index (χ2v) is 7.71. The Morgan fingerprint density at radius 2 is 2.13 bits per heavy atom. The lowest BCUT2D eigenvalue weighted by atomic mass is 9.85. The van der Waals surface area contributed by atoms with Gasteiger partial charge in [0.1, 0.15) is 5.76 Å². The van der Waals surface area contributed by atoms with Crippen LogP contribution in [0.2, 0.25) is 0 Å². The number of nitrogens with zero attached hydrogens (tertiary/aromatic N) is 1. The van der Waals surface area contributed by atoms with Crippen LogP contribution in [0.4, 0.5) is 0 Å². The quantitative estimate of drug-likeness (QED) is 0.530. The molecule has 0 aromatic carbocycles. The van der Waals surface area contributed by atoms with Crippen LogP contribution in [0.15, 0.2) is 27.8 Å². The molecule has 2 unspecified atom stereocenters. The van der Waals surface area contributed by atoms with Gasteiger partial charge in [0.25, 0.3) is 0 Å². The predicted octanol–water partition coefficient (Wildman–Crippen LogP) is 1.05. The summed E-state index contributed by atoms with van der Waals surface area (Å²) < 4.78 is 31.0. The minimum Gasteiger partial charge on any atom is -0.467 e. The van der Waals surface area contributed by atoms with E-state index in [0.29, 0.717) is 19.0 Å². The van der Waals surface area contributed by atoms with Crippen molar-refractivity contribution in [2.24, 2.45) is 10.9 Å². The molecule has 2 rings (SSSR count). The summed E-state index contributed by atoms with van der Waals surface area (Å²) in [5, 5.41) is 6.46. The largest absolute Gasteiger partial charge is 0.467 e. The molecule has 7 nitrogen and oxygen atoms in total. The Morgan fingerprint density at radius 3 is 2.78 bits per heavy atom. The second-order valence-electron chi connectivity index (χ2n) is 5.93. The van der Waals surface area contributed by atoms with Gasteiger partial charge in [0.05, 0.1) is 19.1 Å². The summed E-state index contributed by atoms with van der Waals surface area (Å²) in [6, 6.07) is 3.74. The van der Waals surface area contributed by atoms with Gasteiger partial charge in [0, 0.05) is 19.6 Å². The third-order valence-electron chi connectivity index (χ3n) is 4.04. The summed E-state index contributed by atoms with van der Waals surface area (Å²) in [4.78, 5) is 4.19. The van der Waals surface area contributed by atoms with E-state index in [1.54, 1.807) is 13.3 Å². The molecule has 8 heteroatoms. The first-order chi connectivity index (χ1) is 11.0. The van der Waals surface area contributed by atoms with Gasteiger partial charge in [-0.2, -0.15) is 0 Å². The van der Waals surface area contributed by atoms with Crippen LogP contribution < -0.4 is 15.4 Å². The van der Waals surface area contributed by atoms with Gasteiger partial charge in [0.2, 0.25) is 10.0 Å². The van der Waals surface area contributed by atoms with E-state index >= 15 is 0 Å². The summed E-state index contributed by atoms with van der Waals surface area (Å²) in [6.45, 7) is 1.24. The highest BCUT2D eigenvalue weighted by atomic mass is 32.2. The zero-order valence-corrected chi connectivity index (χ0v) is 14.5. The van der Waals surface area contributed by atoms with Crippen molar-refractivity contribution in [1.29, 1.82) is 0 Å². The van der Waals surface area contributed by atoms with Crippen LogP contribution in [0.1, 0.15) is 31.4 Å². The number of hydrogen-bond donors (Lipinski definition) is 3. The summed E-state index contributed by atoms with van der Waals surface area (Å²) in [5.74, 6) is 1.79. The van der Waals surface area contributed by atoms with Crippen LogP contribution in [-0.4, -0.2) is 40.3 Å². The van der Waals surface area contributed by atoms with Crippen LogP contribution in [0.25, 0.3) is 0 Å². The van der Waals surface area contributed by atoms with E-state index in [2.05, 4.69) is 20.3 Å². The lowest BCUT2D eigenvalue weighted by Gasteiger charge is -2.32. The van der Waals surface area contributed by atoms with E-state index in [1.807, 2.05) is 12.1 Å². The fraction of sp³-hybridized carbons (Fsp3) is 0.667. The van der Waals surface area contributed by atoms with Gasteiger partial charge < -0.3 is 15.1 Å². The van der Waals surface area contributed by atoms with E-state index in [-0.39, 0.29) is 12.0 Å². The molecular weight excluding hydrogens is 316 g/mol. The number of guanidine groups is 1. The second kappa shape index (κ2) is 8.35. The fourth-order valence-electron chi connectivity index (χ4n) is 2.91. The molecule has 0 radical (unpaired) electrons. The van der Waals surface area contributed by atoms with E-state index < -0.39 is 10.0 Å². The zero-order valence-electron chi connectivity index (χ0n) is 13.7. The Bertz CT molecular complexity index is 598. The summed E-state index contributed by atoms with van der Waals surface area (Å²) in [5.41, 5.74) is 0. The molecule has 1 aliphatic rings. The van der Waals surface area contributed by atoms with Crippen molar-refractivity contribution in [1.82, 2.24) is 15.4 Å². The van der Waals surface area contributed by atoms with Crippen LogP contribution in [0.5, 0.6) is 0 Å². The Morgan fingerprint density at radius 1 is 1.35 bits per heavy atom. The van der Waals surface area contributed by atoms with Gasteiger partial charge in [-0.15, -0.1) is 0 Å². The van der Waals surface area contributed by atoms with Gasteiger partial charge in [-0.25, -0.2) is 13.1 Å². The van der Waals surface area contributed by atoms with E-state index in [9.17, 15) is 8.42 Å². The summed E-state index contributed by atoms with van der Waals surface area (Å²) in [7, 11) is -1.46. The number of hydrogen-bond acceptors (Lipinski definition) is 4. The van der Waals surface area contributed by atoms with Crippen molar-refractivity contribution in [2.75, 3.05) is 19.8 Å². The molecule has 1 fully saturated rings. The van der Waals surface area contributed by atoms with Crippen LogP contribution in [0, 0.1) is 5.92 Å². The molecule has 1 aromatic heterocycles. The number of sulfonamides is 1. The molecular formula is C15H26N4O3S. The molecule has 0 bridgehead atoms. The third kappa shape index (κ3) is 6.23. The Balaban J connectivity index is 1.83. The molecule has 0 spiro atoms. The fourth-order valence-corrected chi connectivity index (χ4v) is 3.77. The molecule has 1 aliphatic carbocycles. The molecule has 23 heavy (non-hydrogen) atoms. The summed E-state index contributed by atoms with van der Waals surface area (Å²) >= 11 is 0. The average Bonchev–Trinajstić information content (AvgIpc) is 3.01. The van der Waals surface area contributed by atoms with Crippen molar-refractivity contribution in [3.8, 4) is 0 Å². The molecule has 3 N–H and O–H groups in total. The minimum atomic E-state index is -3.18. The minimum absolute atomic E-state index is 0.00516. The van der Waals surface area contributed by atoms with E-state index in [0.717, 1.165) is 31.4 Å². The third-order valence-corrected chi connectivity index (χ3v) is 4.77. The topological polar surface area (TPSA) is 95.7 Å². The maximum atomic E-state index is 11.5. The first-order valence-corrected chi connectivity index (χ1v) is 9.81.